The molecule has 0 aliphatic carbocycles. The lowest BCUT2D eigenvalue weighted by atomic mass is 9.67. The van der Waals surface area contributed by atoms with E-state index in [1.807, 2.05) is 13.8 Å². The van der Waals surface area contributed by atoms with Crippen LogP contribution in [0.5, 0.6) is 0 Å². The van der Waals surface area contributed by atoms with Gasteiger partial charge in [0, 0.05) is 21.1 Å². The van der Waals surface area contributed by atoms with Crippen LogP contribution in [0.3, 0.4) is 0 Å². The van der Waals surface area contributed by atoms with E-state index in [4.69, 9.17) is 5.73 Å². The van der Waals surface area contributed by atoms with Gasteiger partial charge < -0.3 is 10.8 Å². The second kappa shape index (κ2) is 5.02. The number of halogens is 1. The summed E-state index contributed by atoms with van der Waals surface area (Å²) in [4.78, 5) is 0. The Morgan fingerprint density at radius 2 is 1.69 bits per heavy atom. The first-order chi connectivity index (χ1) is 7.31. The summed E-state index contributed by atoms with van der Waals surface area (Å²) in [5.41, 5.74) is 6.89. The lowest BCUT2D eigenvalue weighted by Crippen LogP contribution is -2.52. The predicted octanol–water partition coefficient (Wildman–Crippen LogP) is 2.67. The van der Waals surface area contributed by atoms with E-state index in [1.54, 1.807) is 0 Å². The molecule has 3 heteroatoms. The van der Waals surface area contributed by atoms with E-state index >= 15 is 0 Å². The van der Waals surface area contributed by atoms with Crippen LogP contribution in [0.2, 0.25) is 0 Å². The third-order valence-corrected chi connectivity index (χ3v) is 4.23. The van der Waals surface area contributed by atoms with Crippen LogP contribution in [0.15, 0.2) is 24.3 Å². The monoisotopic (exact) mass is 333 g/mol. The van der Waals surface area contributed by atoms with Crippen molar-refractivity contribution in [3.05, 3.63) is 33.4 Å². The Kier molecular flexibility index (Phi) is 4.37. The van der Waals surface area contributed by atoms with Crippen LogP contribution in [-0.4, -0.2) is 17.3 Å². The second-order valence-electron chi connectivity index (χ2n) is 5.03. The Morgan fingerprint density at radius 1 is 1.19 bits per heavy atom. The summed E-state index contributed by atoms with van der Waals surface area (Å²) in [5, 5.41) is 9.22. The van der Waals surface area contributed by atoms with E-state index in [0.717, 1.165) is 0 Å². The van der Waals surface area contributed by atoms with E-state index in [-0.39, 0.29) is 17.6 Å². The van der Waals surface area contributed by atoms with Gasteiger partial charge in [0.2, 0.25) is 0 Å². The number of hydrogen-bond donors (Lipinski definition) is 2. The van der Waals surface area contributed by atoms with E-state index < -0.39 is 0 Å². The fourth-order valence-electron chi connectivity index (χ4n) is 1.88. The summed E-state index contributed by atoms with van der Waals surface area (Å²) >= 11 is 2.29. The van der Waals surface area contributed by atoms with Crippen molar-refractivity contribution < 1.29 is 5.11 Å². The van der Waals surface area contributed by atoms with Crippen LogP contribution in [-0.2, 0) is 5.41 Å². The van der Waals surface area contributed by atoms with Gasteiger partial charge >= 0.3 is 0 Å². The highest BCUT2D eigenvalue weighted by molar-refractivity contribution is 14.1. The van der Waals surface area contributed by atoms with Crippen molar-refractivity contribution in [2.45, 2.75) is 38.1 Å². The van der Waals surface area contributed by atoms with Crippen LogP contribution >= 0.6 is 22.6 Å². The van der Waals surface area contributed by atoms with Crippen molar-refractivity contribution in [2.24, 2.45) is 5.73 Å². The first kappa shape index (κ1) is 13.9. The molecule has 90 valence electrons. The zero-order valence-corrected chi connectivity index (χ0v) is 12.3. The molecule has 1 aromatic carbocycles. The van der Waals surface area contributed by atoms with Crippen molar-refractivity contribution >= 4 is 22.6 Å². The Hall–Kier alpha value is -0.130. The van der Waals surface area contributed by atoms with E-state index in [9.17, 15) is 5.11 Å². The normalized spacial score (nSPS) is 15.9. The molecule has 0 saturated heterocycles. The number of benzene rings is 1. The summed E-state index contributed by atoms with van der Waals surface area (Å²) in [6, 6.07) is 8.37. The number of rotatable bonds is 4. The zero-order chi connectivity index (χ0) is 12.4. The highest BCUT2D eigenvalue weighted by Crippen LogP contribution is 2.36. The Bertz CT molecular complexity index is 342. The average molecular weight is 333 g/mol. The highest BCUT2D eigenvalue weighted by Gasteiger charge is 2.38. The second-order valence-corrected chi connectivity index (χ2v) is 6.28. The molecule has 0 fully saturated rings. The highest BCUT2D eigenvalue weighted by atomic mass is 127. The SMILES string of the molecule is CC(C)(N)C(C)(CCO)c1ccc(I)cc1. The minimum absolute atomic E-state index is 0.156. The Morgan fingerprint density at radius 3 is 2.06 bits per heavy atom. The number of aliphatic hydroxyl groups excluding tert-OH is 1. The molecule has 0 saturated carbocycles. The summed E-state index contributed by atoms with van der Waals surface area (Å²) in [6.07, 6.45) is 0.678. The molecule has 0 aliphatic heterocycles. The molecule has 0 bridgehead atoms. The van der Waals surface area contributed by atoms with Gasteiger partial charge in [-0.15, -0.1) is 0 Å². The average Bonchev–Trinajstić information content (AvgIpc) is 2.17. The third-order valence-electron chi connectivity index (χ3n) is 3.52. The van der Waals surface area contributed by atoms with Gasteiger partial charge in [0.15, 0.2) is 0 Å². The summed E-state index contributed by atoms with van der Waals surface area (Å²) in [5.74, 6) is 0. The fraction of sp³-hybridized carbons (Fsp3) is 0.538. The predicted molar refractivity (Wildman–Crippen MR) is 76.5 cm³/mol. The molecule has 1 rings (SSSR count). The molecular formula is C13H20INO. The van der Waals surface area contributed by atoms with E-state index in [2.05, 4.69) is 53.8 Å². The Balaban J connectivity index is 3.16. The molecule has 16 heavy (non-hydrogen) atoms. The molecule has 1 aromatic rings. The number of nitrogens with two attached hydrogens (primary N) is 1. The first-order valence-electron chi connectivity index (χ1n) is 5.47. The standard InChI is InChI=1S/C13H20INO/c1-12(2,15)13(3,8-9-16)10-4-6-11(14)7-5-10/h4-7,16H,8-9,15H2,1-3H3. The molecule has 0 heterocycles. The van der Waals surface area contributed by atoms with Crippen LogP contribution in [0, 0.1) is 3.57 Å². The van der Waals surface area contributed by atoms with Gasteiger partial charge in [0.05, 0.1) is 0 Å². The van der Waals surface area contributed by atoms with Gasteiger partial charge in [0.1, 0.15) is 0 Å². The van der Waals surface area contributed by atoms with Gasteiger partial charge in [-0.3, -0.25) is 0 Å². The molecule has 0 radical (unpaired) electrons. The smallest absolute Gasteiger partial charge is 0.0440 e. The molecule has 0 aromatic heterocycles. The van der Waals surface area contributed by atoms with Crippen LogP contribution < -0.4 is 5.73 Å². The molecular weight excluding hydrogens is 313 g/mol. The summed E-state index contributed by atoms with van der Waals surface area (Å²) < 4.78 is 1.21. The summed E-state index contributed by atoms with van der Waals surface area (Å²) in [7, 11) is 0. The van der Waals surface area contributed by atoms with Crippen molar-refractivity contribution in [1.82, 2.24) is 0 Å². The molecule has 0 spiro atoms. The first-order valence-corrected chi connectivity index (χ1v) is 6.55. The molecule has 1 atom stereocenters. The lowest BCUT2D eigenvalue weighted by Gasteiger charge is -2.42. The maximum Gasteiger partial charge on any atom is 0.0440 e. The van der Waals surface area contributed by atoms with Gasteiger partial charge in [-0.25, -0.2) is 0 Å². The van der Waals surface area contributed by atoms with Gasteiger partial charge in [-0.2, -0.15) is 0 Å². The van der Waals surface area contributed by atoms with Crippen LogP contribution in [0.1, 0.15) is 32.8 Å². The maximum atomic E-state index is 9.22. The Labute approximate surface area is 111 Å². The topological polar surface area (TPSA) is 46.2 Å². The molecule has 2 nitrogen and oxygen atoms in total. The van der Waals surface area contributed by atoms with Crippen molar-refractivity contribution in [3.63, 3.8) is 0 Å². The van der Waals surface area contributed by atoms with Gasteiger partial charge in [-0.05, 0) is 60.6 Å². The van der Waals surface area contributed by atoms with Crippen LogP contribution in [0.4, 0.5) is 0 Å². The zero-order valence-electron chi connectivity index (χ0n) is 10.1. The largest absolute Gasteiger partial charge is 0.396 e. The quantitative estimate of drug-likeness (QED) is 0.832. The third kappa shape index (κ3) is 2.76. The maximum absolute atomic E-state index is 9.22. The molecule has 1 unspecified atom stereocenters. The van der Waals surface area contributed by atoms with E-state index in [0.29, 0.717) is 6.42 Å². The fourth-order valence-corrected chi connectivity index (χ4v) is 2.24. The molecule has 0 aliphatic rings. The summed E-state index contributed by atoms with van der Waals surface area (Å²) in [6.45, 7) is 6.30. The minimum atomic E-state index is -0.359. The van der Waals surface area contributed by atoms with E-state index in [1.165, 1.54) is 9.13 Å². The minimum Gasteiger partial charge on any atom is -0.396 e. The molecule has 0 amide bonds. The van der Waals surface area contributed by atoms with Crippen molar-refractivity contribution in [3.8, 4) is 0 Å². The van der Waals surface area contributed by atoms with Gasteiger partial charge in [-0.1, -0.05) is 19.1 Å². The number of aliphatic hydroxyl groups is 1. The molecule has 3 N–H and O–H groups in total. The van der Waals surface area contributed by atoms with Crippen LogP contribution in [0.25, 0.3) is 0 Å². The number of hydrogen-bond acceptors (Lipinski definition) is 2. The van der Waals surface area contributed by atoms with Crippen molar-refractivity contribution in [1.29, 1.82) is 0 Å². The van der Waals surface area contributed by atoms with Gasteiger partial charge in [0.25, 0.3) is 0 Å². The van der Waals surface area contributed by atoms with Crippen molar-refractivity contribution in [2.75, 3.05) is 6.61 Å². The lowest BCUT2D eigenvalue weighted by molar-refractivity contribution is 0.190.